The maximum Gasteiger partial charge on any atom is 0.303 e. The highest BCUT2D eigenvalue weighted by atomic mass is 16.5. The van der Waals surface area contributed by atoms with E-state index >= 15 is 0 Å². The van der Waals surface area contributed by atoms with Crippen LogP contribution in [0.4, 0.5) is 0 Å². The minimum atomic E-state index is -0.703. The van der Waals surface area contributed by atoms with Crippen molar-refractivity contribution in [1.82, 2.24) is 0 Å². The third-order valence-corrected chi connectivity index (χ3v) is 4.72. The van der Waals surface area contributed by atoms with Crippen LogP contribution in [-0.2, 0) is 17.8 Å². The van der Waals surface area contributed by atoms with Crippen LogP contribution in [0.2, 0.25) is 0 Å². The van der Waals surface area contributed by atoms with Crippen molar-refractivity contribution in [3.63, 3.8) is 0 Å². The molecule has 3 heteroatoms. The van der Waals surface area contributed by atoms with Crippen molar-refractivity contribution in [2.45, 2.75) is 45.1 Å². The Kier molecular flexibility index (Phi) is 6.86. The van der Waals surface area contributed by atoms with Crippen LogP contribution in [0.1, 0.15) is 43.2 Å². The van der Waals surface area contributed by atoms with Crippen LogP contribution in [0.15, 0.2) is 66.7 Å². The van der Waals surface area contributed by atoms with Gasteiger partial charge in [0.05, 0.1) is 0 Å². The van der Waals surface area contributed by atoms with Gasteiger partial charge in [0, 0.05) is 6.42 Å². The van der Waals surface area contributed by atoms with Crippen LogP contribution in [0.5, 0.6) is 5.75 Å². The van der Waals surface area contributed by atoms with E-state index in [-0.39, 0.29) is 6.42 Å². The largest absolute Gasteiger partial charge is 0.489 e. The summed E-state index contributed by atoms with van der Waals surface area (Å²) >= 11 is 0. The van der Waals surface area contributed by atoms with Crippen LogP contribution in [0.3, 0.4) is 0 Å². The van der Waals surface area contributed by atoms with Gasteiger partial charge in [0.1, 0.15) is 12.4 Å². The molecule has 0 bridgehead atoms. The molecule has 0 aromatic heterocycles. The van der Waals surface area contributed by atoms with Crippen molar-refractivity contribution >= 4 is 16.7 Å². The Hall–Kier alpha value is -2.81. The second kappa shape index (κ2) is 9.77. The lowest BCUT2D eigenvalue weighted by Crippen LogP contribution is -1.96. The first-order valence-electron chi connectivity index (χ1n) is 9.62. The van der Waals surface area contributed by atoms with Crippen LogP contribution in [0.25, 0.3) is 10.8 Å². The number of rotatable bonds is 10. The third-order valence-electron chi connectivity index (χ3n) is 4.72. The molecule has 0 aliphatic carbocycles. The lowest BCUT2D eigenvalue weighted by atomic mass is 10.1. The van der Waals surface area contributed by atoms with Crippen molar-refractivity contribution in [3.8, 4) is 5.75 Å². The van der Waals surface area contributed by atoms with Crippen molar-refractivity contribution in [2.75, 3.05) is 0 Å². The van der Waals surface area contributed by atoms with E-state index in [2.05, 4.69) is 54.6 Å². The fraction of sp³-hybridized carbons (Fsp3) is 0.292. The fourth-order valence-electron chi connectivity index (χ4n) is 3.24. The van der Waals surface area contributed by atoms with Gasteiger partial charge >= 0.3 is 5.97 Å². The quantitative estimate of drug-likeness (QED) is 0.450. The Labute approximate surface area is 160 Å². The molecule has 0 radical (unpaired) electrons. The van der Waals surface area contributed by atoms with Crippen LogP contribution >= 0.6 is 0 Å². The molecule has 3 aromatic rings. The van der Waals surface area contributed by atoms with E-state index in [1.165, 1.54) is 16.3 Å². The molecule has 3 nitrogen and oxygen atoms in total. The van der Waals surface area contributed by atoms with Crippen LogP contribution in [-0.4, -0.2) is 11.1 Å². The fourth-order valence-corrected chi connectivity index (χ4v) is 3.24. The van der Waals surface area contributed by atoms with Gasteiger partial charge in [-0.15, -0.1) is 0 Å². The van der Waals surface area contributed by atoms with Gasteiger partial charge in [-0.2, -0.15) is 0 Å². The maximum absolute atomic E-state index is 10.5. The second-order valence-corrected chi connectivity index (χ2v) is 6.93. The van der Waals surface area contributed by atoms with Gasteiger partial charge in [-0.25, -0.2) is 0 Å². The van der Waals surface area contributed by atoms with E-state index in [1.807, 2.05) is 12.1 Å². The first-order chi connectivity index (χ1) is 13.2. The number of aryl methyl sites for hydroxylation is 1. The van der Waals surface area contributed by atoms with Gasteiger partial charge in [0.15, 0.2) is 0 Å². The van der Waals surface area contributed by atoms with E-state index < -0.39 is 5.97 Å². The summed E-state index contributed by atoms with van der Waals surface area (Å²) in [6.45, 7) is 0.559. The normalized spacial score (nSPS) is 10.8. The smallest absolute Gasteiger partial charge is 0.303 e. The Morgan fingerprint density at radius 3 is 2.44 bits per heavy atom. The standard InChI is InChI=1S/C24H26O3/c25-24(26)13-4-2-1-3-8-19-9-7-12-23(17-19)27-18-20-14-15-21-10-5-6-11-22(21)16-20/h5-7,9-12,14-17H,1-4,8,13,18H2,(H,25,26). The summed E-state index contributed by atoms with van der Waals surface area (Å²) in [4.78, 5) is 10.5. The Bertz CT molecular complexity index is 885. The van der Waals surface area contributed by atoms with Crippen LogP contribution in [0, 0.1) is 0 Å². The third kappa shape index (κ3) is 6.14. The SMILES string of the molecule is O=C(O)CCCCCCc1cccc(OCc2ccc3ccccc3c2)c1. The Morgan fingerprint density at radius 1 is 0.778 bits per heavy atom. The van der Waals surface area contributed by atoms with Gasteiger partial charge < -0.3 is 9.84 Å². The van der Waals surface area contributed by atoms with Gasteiger partial charge in [-0.1, -0.05) is 61.4 Å². The summed E-state index contributed by atoms with van der Waals surface area (Å²) in [7, 11) is 0. The molecular weight excluding hydrogens is 336 g/mol. The summed E-state index contributed by atoms with van der Waals surface area (Å²) in [5.74, 6) is 0.192. The number of fused-ring (bicyclic) bond motifs is 1. The van der Waals surface area contributed by atoms with Crippen molar-refractivity contribution < 1.29 is 14.6 Å². The summed E-state index contributed by atoms with van der Waals surface area (Å²) in [5, 5.41) is 11.1. The Morgan fingerprint density at radius 2 is 1.59 bits per heavy atom. The second-order valence-electron chi connectivity index (χ2n) is 6.93. The maximum atomic E-state index is 10.5. The van der Waals surface area contributed by atoms with Gasteiger partial charge in [0.25, 0.3) is 0 Å². The zero-order chi connectivity index (χ0) is 18.9. The topological polar surface area (TPSA) is 46.5 Å². The minimum absolute atomic E-state index is 0.276. The Balaban J connectivity index is 1.47. The van der Waals surface area contributed by atoms with E-state index in [0.717, 1.165) is 43.4 Å². The molecule has 0 spiro atoms. The van der Waals surface area contributed by atoms with Gasteiger partial charge in [-0.3, -0.25) is 4.79 Å². The molecule has 0 amide bonds. The molecule has 0 atom stereocenters. The number of hydrogen-bond donors (Lipinski definition) is 1. The van der Waals surface area contributed by atoms with Crippen molar-refractivity contribution in [1.29, 1.82) is 0 Å². The molecular formula is C24H26O3. The number of hydrogen-bond acceptors (Lipinski definition) is 2. The number of carbonyl (C=O) groups is 1. The lowest BCUT2D eigenvalue weighted by molar-refractivity contribution is -0.137. The summed E-state index contributed by atoms with van der Waals surface area (Å²) < 4.78 is 5.99. The predicted molar refractivity (Wildman–Crippen MR) is 109 cm³/mol. The predicted octanol–water partition coefficient (Wildman–Crippen LogP) is 6.00. The highest BCUT2D eigenvalue weighted by Crippen LogP contribution is 2.20. The summed E-state index contributed by atoms with van der Waals surface area (Å²) in [6.07, 6.45) is 5.16. The molecule has 0 aliphatic heterocycles. The highest BCUT2D eigenvalue weighted by molar-refractivity contribution is 5.82. The average molecular weight is 362 g/mol. The van der Waals surface area contributed by atoms with E-state index in [0.29, 0.717) is 6.61 Å². The van der Waals surface area contributed by atoms with Crippen molar-refractivity contribution in [2.24, 2.45) is 0 Å². The zero-order valence-electron chi connectivity index (χ0n) is 15.6. The molecule has 0 fully saturated rings. The molecule has 0 unspecified atom stereocenters. The molecule has 3 rings (SSSR count). The van der Waals surface area contributed by atoms with Gasteiger partial charge in [0.2, 0.25) is 0 Å². The highest BCUT2D eigenvalue weighted by Gasteiger charge is 2.01. The zero-order valence-corrected chi connectivity index (χ0v) is 15.6. The number of ether oxygens (including phenoxy) is 1. The number of unbranched alkanes of at least 4 members (excludes halogenated alkanes) is 3. The molecule has 0 heterocycles. The van der Waals surface area contributed by atoms with E-state index in [1.54, 1.807) is 0 Å². The summed E-state index contributed by atoms with van der Waals surface area (Å²) in [6, 6.07) is 23.0. The first-order valence-corrected chi connectivity index (χ1v) is 9.62. The molecule has 0 aliphatic rings. The lowest BCUT2D eigenvalue weighted by Gasteiger charge is -2.09. The molecule has 1 N–H and O–H groups in total. The summed E-state index contributed by atoms with van der Waals surface area (Å²) in [5.41, 5.74) is 2.43. The first kappa shape index (κ1) is 19.0. The molecule has 0 saturated carbocycles. The van der Waals surface area contributed by atoms with Crippen molar-refractivity contribution in [3.05, 3.63) is 77.9 Å². The molecule has 140 valence electrons. The van der Waals surface area contributed by atoms with Gasteiger partial charge in [-0.05, 0) is 59.4 Å². The van der Waals surface area contributed by atoms with Crippen LogP contribution < -0.4 is 4.74 Å². The number of aliphatic carboxylic acids is 1. The molecule has 0 saturated heterocycles. The molecule has 3 aromatic carbocycles. The monoisotopic (exact) mass is 362 g/mol. The average Bonchev–Trinajstić information content (AvgIpc) is 2.69. The number of carboxylic acid groups (broad SMARTS) is 1. The minimum Gasteiger partial charge on any atom is -0.489 e. The molecule has 27 heavy (non-hydrogen) atoms. The van der Waals surface area contributed by atoms with E-state index in [4.69, 9.17) is 9.84 Å². The van der Waals surface area contributed by atoms with E-state index in [9.17, 15) is 4.79 Å². The number of benzene rings is 3. The number of carboxylic acids is 1.